The molecule has 1 amide bonds. The maximum Gasteiger partial charge on any atom is 0.225 e. The van der Waals surface area contributed by atoms with E-state index in [2.05, 4.69) is 10.1 Å². The Labute approximate surface area is 178 Å². The number of anilines is 1. The van der Waals surface area contributed by atoms with Crippen molar-refractivity contribution >= 4 is 11.9 Å². The summed E-state index contributed by atoms with van der Waals surface area (Å²) in [6.45, 7) is 4.73. The van der Waals surface area contributed by atoms with Crippen LogP contribution in [-0.2, 0) is 4.79 Å². The highest BCUT2D eigenvalue weighted by molar-refractivity contribution is 5.77. The van der Waals surface area contributed by atoms with E-state index in [1.165, 1.54) is 25.7 Å². The molecule has 4 rings (SSSR count). The molecule has 1 saturated carbocycles. The average Bonchev–Trinajstić information content (AvgIpc) is 3.48. The highest BCUT2D eigenvalue weighted by atomic mass is 16.5. The van der Waals surface area contributed by atoms with Gasteiger partial charge < -0.3 is 14.3 Å². The topological polar surface area (TPSA) is 75.4 Å². The summed E-state index contributed by atoms with van der Waals surface area (Å²) in [5, 5.41) is 4.12. The summed E-state index contributed by atoms with van der Waals surface area (Å²) in [6, 6.07) is -0.0393. The van der Waals surface area contributed by atoms with Crippen molar-refractivity contribution < 1.29 is 9.32 Å². The van der Waals surface area contributed by atoms with Crippen LogP contribution in [-0.4, -0.2) is 46.6 Å². The van der Waals surface area contributed by atoms with E-state index in [9.17, 15) is 4.79 Å². The van der Waals surface area contributed by atoms with Crippen LogP contribution in [0.2, 0.25) is 0 Å². The number of nitrogens with zero attached hydrogens (tertiary/aromatic N) is 5. The van der Waals surface area contributed by atoms with E-state index < -0.39 is 0 Å². The molecule has 2 aliphatic rings. The van der Waals surface area contributed by atoms with E-state index in [-0.39, 0.29) is 11.9 Å². The first kappa shape index (κ1) is 20.8. The zero-order valence-corrected chi connectivity index (χ0v) is 18.6. The lowest BCUT2D eigenvalue weighted by atomic mass is 10.00. The van der Waals surface area contributed by atoms with E-state index in [0.717, 1.165) is 54.2 Å². The smallest absolute Gasteiger partial charge is 0.225 e. The van der Waals surface area contributed by atoms with Crippen molar-refractivity contribution in [2.45, 2.75) is 71.3 Å². The molecule has 2 fully saturated rings. The number of hydrogen-bond acceptors (Lipinski definition) is 6. The van der Waals surface area contributed by atoms with Crippen LogP contribution in [0.15, 0.2) is 10.7 Å². The Kier molecular flexibility index (Phi) is 6.06. The van der Waals surface area contributed by atoms with Crippen molar-refractivity contribution in [3.8, 4) is 11.3 Å². The van der Waals surface area contributed by atoms with Crippen molar-refractivity contribution in [1.82, 2.24) is 20.0 Å². The van der Waals surface area contributed by atoms with Gasteiger partial charge >= 0.3 is 0 Å². The summed E-state index contributed by atoms with van der Waals surface area (Å²) in [7, 11) is 3.86. The third-order valence-corrected chi connectivity index (χ3v) is 6.74. The molecule has 0 bridgehead atoms. The van der Waals surface area contributed by atoms with E-state index in [0.29, 0.717) is 18.1 Å². The predicted octanol–water partition coefficient (Wildman–Crippen LogP) is 4.45. The van der Waals surface area contributed by atoms with Crippen LogP contribution in [0, 0.1) is 19.8 Å². The molecule has 1 aliphatic heterocycles. The first-order valence-electron chi connectivity index (χ1n) is 11.2. The molecule has 0 radical (unpaired) electrons. The highest BCUT2D eigenvalue weighted by Crippen LogP contribution is 2.39. The van der Waals surface area contributed by atoms with E-state index in [1.54, 1.807) is 0 Å². The van der Waals surface area contributed by atoms with Crippen LogP contribution in [0.1, 0.15) is 74.4 Å². The van der Waals surface area contributed by atoms with Crippen LogP contribution in [0.25, 0.3) is 11.3 Å². The standard InChI is InChI=1S/C23H33N5O2/c1-15-16(2)26-30-22(15)18-14-24-23(27(3)4)25-21(18)19-10-7-13-28(19)20(29)12-11-17-8-5-6-9-17/h14,17,19H,5-13H2,1-4H3/t19-/m0/s1. The summed E-state index contributed by atoms with van der Waals surface area (Å²) in [5.41, 5.74) is 3.58. The minimum Gasteiger partial charge on any atom is -0.356 e. The fourth-order valence-corrected chi connectivity index (χ4v) is 4.82. The molecule has 30 heavy (non-hydrogen) atoms. The second-order valence-corrected chi connectivity index (χ2v) is 9.02. The fourth-order valence-electron chi connectivity index (χ4n) is 4.82. The molecule has 7 heteroatoms. The molecule has 2 aromatic heterocycles. The number of carbonyl (C=O) groups is 1. The monoisotopic (exact) mass is 411 g/mol. The maximum absolute atomic E-state index is 13.2. The lowest BCUT2D eigenvalue weighted by molar-refractivity contribution is -0.132. The first-order chi connectivity index (χ1) is 14.5. The number of aromatic nitrogens is 3. The largest absolute Gasteiger partial charge is 0.356 e. The van der Waals surface area contributed by atoms with Crippen molar-refractivity contribution in [3.63, 3.8) is 0 Å². The second kappa shape index (κ2) is 8.74. The Balaban J connectivity index is 1.63. The number of amides is 1. The van der Waals surface area contributed by atoms with Crippen LogP contribution >= 0.6 is 0 Å². The number of hydrogen-bond donors (Lipinski definition) is 0. The predicted molar refractivity (Wildman–Crippen MR) is 116 cm³/mol. The van der Waals surface area contributed by atoms with Crippen molar-refractivity contribution in [2.75, 3.05) is 25.5 Å². The Morgan fingerprint density at radius 1 is 1.20 bits per heavy atom. The van der Waals surface area contributed by atoms with E-state index >= 15 is 0 Å². The van der Waals surface area contributed by atoms with Gasteiger partial charge in [0, 0.05) is 38.8 Å². The zero-order chi connectivity index (χ0) is 21.3. The minimum atomic E-state index is -0.0393. The Morgan fingerprint density at radius 2 is 1.97 bits per heavy atom. The van der Waals surface area contributed by atoms with Crippen molar-refractivity contribution in [3.05, 3.63) is 23.1 Å². The lowest BCUT2D eigenvalue weighted by Crippen LogP contribution is -2.31. The van der Waals surface area contributed by atoms with Gasteiger partial charge in [0.2, 0.25) is 11.9 Å². The maximum atomic E-state index is 13.2. The molecule has 0 N–H and O–H groups in total. The Bertz CT molecular complexity index is 901. The molecule has 3 heterocycles. The molecular weight excluding hydrogens is 378 g/mol. The molecule has 0 unspecified atom stereocenters. The first-order valence-corrected chi connectivity index (χ1v) is 11.2. The molecule has 1 atom stereocenters. The van der Waals surface area contributed by atoms with Crippen LogP contribution < -0.4 is 4.90 Å². The Hall–Kier alpha value is -2.44. The summed E-state index contributed by atoms with van der Waals surface area (Å²) < 4.78 is 5.65. The van der Waals surface area contributed by atoms with Gasteiger partial charge in [0.05, 0.1) is 23.0 Å². The van der Waals surface area contributed by atoms with Crippen LogP contribution in [0.3, 0.4) is 0 Å². The van der Waals surface area contributed by atoms with Crippen molar-refractivity contribution in [1.29, 1.82) is 0 Å². The van der Waals surface area contributed by atoms with Gasteiger partial charge in [-0.15, -0.1) is 0 Å². The number of aryl methyl sites for hydroxylation is 1. The third kappa shape index (κ3) is 4.07. The second-order valence-electron chi connectivity index (χ2n) is 9.02. The number of likely N-dealkylation sites (tertiary alicyclic amines) is 1. The zero-order valence-electron chi connectivity index (χ0n) is 18.6. The number of rotatable bonds is 6. The molecule has 0 aromatic carbocycles. The Morgan fingerprint density at radius 3 is 2.63 bits per heavy atom. The van der Waals surface area contributed by atoms with Gasteiger partial charge in [-0.3, -0.25) is 4.79 Å². The van der Waals surface area contributed by atoms with Crippen LogP contribution in [0.4, 0.5) is 5.95 Å². The SMILES string of the molecule is Cc1noc(-c2cnc(N(C)C)nc2[C@@H]2CCCN2C(=O)CCC2CCCC2)c1C. The third-order valence-electron chi connectivity index (χ3n) is 6.74. The van der Waals surface area contributed by atoms with Gasteiger partial charge in [0.1, 0.15) is 0 Å². The quantitative estimate of drug-likeness (QED) is 0.699. The number of carbonyl (C=O) groups excluding carboxylic acids is 1. The van der Waals surface area contributed by atoms with Gasteiger partial charge in [-0.1, -0.05) is 30.8 Å². The average molecular weight is 412 g/mol. The van der Waals surface area contributed by atoms with Gasteiger partial charge in [-0.25, -0.2) is 9.97 Å². The van der Waals surface area contributed by atoms with Gasteiger partial charge in [0.15, 0.2) is 5.76 Å². The van der Waals surface area contributed by atoms with Gasteiger partial charge in [-0.2, -0.15) is 0 Å². The van der Waals surface area contributed by atoms with Crippen LogP contribution in [0.5, 0.6) is 0 Å². The molecule has 7 nitrogen and oxygen atoms in total. The highest BCUT2D eigenvalue weighted by Gasteiger charge is 2.34. The minimum absolute atomic E-state index is 0.0393. The summed E-state index contributed by atoms with van der Waals surface area (Å²) in [5.74, 6) is 2.33. The van der Waals surface area contributed by atoms with Crippen molar-refractivity contribution in [2.24, 2.45) is 5.92 Å². The molecule has 2 aromatic rings. The molecular formula is C23H33N5O2. The normalized spacial score (nSPS) is 19.6. The lowest BCUT2D eigenvalue weighted by Gasteiger charge is -2.27. The fraction of sp³-hybridized carbons (Fsp3) is 0.652. The molecule has 1 aliphatic carbocycles. The van der Waals surface area contributed by atoms with Gasteiger partial charge in [-0.05, 0) is 39.0 Å². The summed E-state index contributed by atoms with van der Waals surface area (Å²) in [4.78, 5) is 26.5. The molecule has 0 spiro atoms. The van der Waals surface area contributed by atoms with E-state index in [4.69, 9.17) is 9.51 Å². The van der Waals surface area contributed by atoms with E-state index in [1.807, 2.05) is 43.9 Å². The summed E-state index contributed by atoms with van der Waals surface area (Å²) in [6.07, 6.45) is 10.6. The van der Waals surface area contributed by atoms with Gasteiger partial charge in [0.25, 0.3) is 0 Å². The molecule has 162 valence electrons. The molecule has 1 saturated heterocycles. The summed E-state index contributed by atoms with van der Waals surface area (Å²) >= 11 is 0.